The van der Waals surface area contributed by atoms with Gasteiger partial charge in [0.25, 0.3) is 0 Å². The molecule has 2 aliphatic rings. The molecule has 114 valence electrons. The van der Waals surface area contributed by atoms with Crippen LogP contribution in [0.25, 0.3) is 0 Å². The van der Waals surface area contributed by atoms with E-state index in [-0.39, 0.29) is 17.8 Å². The van der Waals surface area contributed by atoms with E-state index in [0.717, 1.165) is 13.0 Å². The lowest BCUT2D eigenvalue weighted by Crippen LogP contribution is -2.56. The predicted octanol–water partition coefficient (Wildman–Crippen LogP) is 2.77. The summed E-state index contributed by atoms with van der Waals surface area (Å²) >= 11 is 5.75. The summed E-state index contributed by atoms with van der Waals surface area (Å²) in [6.45, 7) is 2.60. The van der Waals surface area contributed by atoms with E-state index in [1.54, 1.807) is 0 Å². The van der Waals surface area contributed by atoms with E-state index in [9.17, 15) is 9.90 Å². The Morgan fingerprint density at radius 1 is 1.38 bits per heavy atom. The Kier molecular flexibility index (Phi) is 3.98. The average molecular weight is 308 g/mol. The highest BCUT2D eigenvalue weighted by molar-refractivity contribution is 6.27. The zero-order valence-corrected chi connectivity index (χ0v) is 13.1. The molecule has 1 amide bonds. The molecule has 0 heterocycles. The Labute approximate surface area is 130 Å². The van der Waals surface area contributed by atoms with Crippen molar-refractivity contribution < 1.29 is 9.90 Å². The van der Waals surface area contributed by atoms with Crippen molar-refractivity contribution in [2.45, 2.75) is 43.7 Å². The van der Waals surface area contributed by atoms with Gasteiger partial charge in [0, 0.05) is 12.6 Å². The maximum atomic E-state index is 12.1. The van der Waals surface area contributed by atoms with Crippen molar-refractivity contribution in [3.8, 4) is 0 Å². The van der Waals surface area contributed by atoms with Crippen molar-refractivity contribution in [1.82, 2.24) is 4.90 Å². The number of hydrogen-bond donors (Lipinski definition) is 1. The minimum Gasteiger partial charge on any atom is -0.390 e. The molecular weight excluding hydrogens is 286 g/mol. The molecule has 0 aliphatic heterocycles. The number of aliphatic hydroxyl groups is 1. The van der Waals surface area contributed by atoms with Gasteiger partial charge in [0.2, 0.25) is 5.91 Å². The number of hydrogen-bond acceptors (Lipinski definition) is 2. The summed E-state index contributed by atoms with van der Waals surface area (Å²) in [5.74, 6) is 1.12. The second-order valence-electron chi connectivity index (χ2n) is 6.75. The Morgan fingerprint density at radius 3 is 2.62 bits per heavy atom. The van der Waals surface area contributed by atoms with Gasteiger partial charge in [0.05, 0.1) is 5.60 Å². The van der Waals surface area contributed by atoms with Gasteiger partial charge in [-0.25, -0.2) is 0 Å². The van der Waals surface area contributed by atoms with Crippen LogP contribution < -0.4 is 0 Å². The first-order valence-corrected chi connectivity index (χ1v) is 8.16. The molecule has 2 atom stereocenters. The minimum atomic E-state index is -0.613. The fraction of sp³-hybridized carbons (Fsp3) is 0.588. The third kappa shape index (κ3) is 3.24. The Bertz CT molecular complexity index is 509. The molecule has 2 aliphatic carbocycles. The predicted molar refractivity (Wildman–Crippen MR) is 83.4 cm³/mol. The number of halogens is 1. The smallest absolute Gasteiger partial charge is 0.237 e. The molecule has 4 heteroatoms. The topological polar surface area (TPSA) is 40.5 Å². The highest BCUT2D eigenvalue weighted by Gasteiger charge is 2.46. The van der Waals surface area contributed by atoms with E-state index in [0.29, 0.717) is 24.7 Å². The molecule has 0 radical (unpaired) electrons. The van der Waals surface area contributed by atoms with Crippen molar-refractivity contribution >= 4 is 17.5 Å². The lowest BCUT2D eigenvalue weighted by molar-refractivity contribution is -0.141. The lowest BCUT2D eigenvalue weighted by Gasteiger charge is -2.47. The number of carbonyl (C=O) groups is 1. The molecule has 3 rings (SSSR count). The molecule has 21 heavy (non-hydrogen) atoms. The second-order valence-corrected chi connectivity index (χ2v) is 7.02. The summed E-state index contributed by atoms with van der Waals surface area (Å²) in [6.07, 6.45) is 2.47. The minimum absolute atomic E-state index is 0.00382. The van der Waals surface area contributed by atoms with Crippen molar-refractivity contribution in [3.05, 3.63) is 35.9 Å². The Balaban J connectivity index is 1.60. The second kappa shape index (κ2) is 5.62. The van der Waals surface area contributed by atoms with E-state index in [1.165, 1.54) is 5.56 Å². The van der Waals surface area contributed by atoms with Crippen LogP contribution in [0.2, 0.25) is 0 Å². The van der Waals surface area contributed by atoms with Gasteiger partial charge in [-0.15, -0.1) is 11.6 Å². The van der Waals surface area contributed by atoms with E-state index in [1.807, 2.05) is 17.9 Å². The monoisotopic (exact) mass is 307 g/mol. The van der Waals surface area contributed by atoms with E-state index < -0.39 is 5.60 Å². The summed E-state index contributed by atoms with van der Waals surface area (Å²) < 4.78 is 0. The molecule has 0 aromatic heterocycles. The van der Waals surface area contributed by atoms with Crippen LogP contribution in [0.4, 0.5) is 0 Å². The first-order valence-electron chi connectivity index (χ1n) is 7.63. The molecule has 1 N–H and O–H groups in total. The van der Waals surface area contributed by atoms with Crippen molar-refractivity contribution in [2.75, 3.05) is 12.4 Å². The molecule has 0 bridgehead atoms. The number of amides is 1. The zero-order valence-electron chi connectivity index (χ0n) is 12.3. The molecule has 1 aromatic carbocycles. The van der Waals surface area contributed by atoms with Crippen LogP contribution in [0.1, 0.15) is 37.7 Å². The largest absolute Gasteiger partial charge is 0.390 e. The molecule has 1 aromatic rings. The fourth-order valence-electron chi connectivity index (χ4n) is 3.52. The van der Waals surface area contributed by atoms with Gasteiger partial charge < -0.3 is 10.0 Å². The first kappa shape index (κ1) is 14.9. The van der Waals surface area contributed by atoms with E-state index >= 15 is 0 Å². The van der Waals surface area contributed by atoms with Crippen LogP contribution >= 0.6 is 11.6 Å². The van der Waals surface area contributed by atoms with Crippen LogP contribution in [0.15, 0.2) is 30.3 Å². The van der Waals surface area contributed by atoms with Crippen LogP contribution in [0, 0.1) is 5.92 Å². The maximum Gasteiger partial charge on any atom is 0.237 e. The molecule has 0 saturated heterocycles. The van der Waals surface area contributed by atoms with Gasteiger partial charge in [-0.1, -0.05) is 30.3 Å². The van der Waals surface area contributed by atoms with Crippen LogP contribution in [-0.2, 0) is 4.79 Å². The highest BCUT2D eigenvalue weighted by Crippen LogP contribution is 2.49. The zero-order chi connectivity index (χ0) is 15.0. The fourth-order valence-corrected chi connectivity index (χ4v) is 3.67. The van der Waals surface area contributed by atoms with Gasteiger partial charge in [-0.3, -0.25) is 4.79 Å². The summed E-state index contributed by atoms with van der Waals surface area (Å²) in [6, 6.07) is 10.6. The molecular formula is C17H22ClNO2. The normalized spacial score (nSPS) is 34.1. The van der Waals surface area contributed by atoms with Crippen molar-refractivity contribution in [2.24, 2.45) is 5.92 Å². The Morgan fingerprint density at radius 2 is 2.05 bits per heavy atom. The summed E-state index contributed by atoms with van der Waals surface area (Å²) in [5.41, 5.74) is 0.749. The first-order chi connectivity index (χ1) is 10.00. The number of alkyl halides is 1. The number of nitrogens with zero attached hydrogens (tertiary/aromatic N) is 1. The highest BCUT2D eigenvalue weighted by atomic mass is 35.5. The summed E-state index contributed by atoms with van der Waals surface area (Å²) in [5, 5.41) is 9.90. The van der Waals surface area contributed by atoms with Crippen LogP contribution in [0.5, 0.6) is 0 Å². The van der Waals surface area contributed by atoms with Crippen LogP contribution in [0.3, 0.4) is 0 Å². The van der Waals surface area contributed by atoms with Crippen LogP contribution in [-0.4, -0.2) is 40.0 Å². The number of benzene rings is 1. The van der Waals surface area contributed by atoms with E-state index in [4.69, 9.17) is 11.6 Å². The Hall–Kier alpha value is -1.06. The standard InChI is InChI=1S/C17H22ClNO2/c1-17(21)8-14(9-17)19(16(20)10-18)11-13-7-15(13)12-5-3-2-4-6-12/h2-6,13-15,21H,7-11H2,1H3/t13-,14?,15-,17?/m0/s1. The molecule has 0 unspecified atom stereocenters. The van der Waals surface area contributed by atoms with Gasteiger partial charge in [0.1, 0.15) is 5.88 Å². The molecule has 2 fully saturated rings. The SMILES string of the molecule is CC1(O)CC(N(C[C@@H]2C[C@H]2c2ccccc2)C(=O)CCl)C1. The number of rotatable bonds is 5. The quantitative estimate of drug-likeness (QED) is 0.850. The summed E-state index contributed by atoms with van der Waals surface area (Å²) in [7, 11) is 0. The molecule has 2 saturated carbocycles. The molecule has 0 spiro atoms. The maximum absolute atomic E-state index is 12.1. The van der Waals surface area contributed by atoms with Crippen molar-refractivity contribution in [3.63, 3.8) is 0 Å². The lowest BCUT2D eigenvalue weighted by atomic mass is 9.76. The van der Waals surface area contributed by atoms with Gasteiger partial charge in [-0.2, -0.15) is 0 Å². The average Bonchev–Trinajstić information content (AvgIpc) is 3.22. The molecule has 3 nitrogen and oxygen atoms in total. The van der Waals surface area contributed by atoms with Crippen molar-refractivity contribution in [1.29, 1.82) is 0 Å². The van der Waals surface area contributed by atoms with E-state index in [2.05, 4.69) is 24.3 Å². The van der Waals surface area contributed by atoms with Gasteiger partial charge in [-0.05, 0) is 43.6 Å². The third-order valence-corrected chi connectivity index (χ3v) is 5.04. The van der Waals surface area contributed by atoms with Gasteiger partial charge in [0.15, 0.2) is 0 Å². The van der Waals surface area contributed by atoms with Gasteiger partial charge >= 0.3 is 0 Å². The summed E-state index contributed by atoms with van der Waals surface area (Å²) in [4.78, 5) is 14.0. The third-order valence-electron chi connectivity index (χ3n) is 4.81. The number of carbonyl (C=O) groups excluding carboxylic acids is 1.